The summed E-state index contributed by atoms with van der Waals surface area (Å²) in [7, 11) is -4.48. The van der Waals surface area contributed by atoms with Crippen molar-refractivity contribution in [3.05, 3.63) is 91.0 Å². The van der Waals surface area contributed by atoms with E-state index in [9.17, 15) is 0 Å². The van der Waals surface area contributed by atoms with Gasteiger partial charge in [-0.05, 0) is 0 Å². The van der Waals surface area contributed by atoms with Crippen LogP contribution in [0.2, 0.25) is 19.6 Å². The largest absolute Gasteiger partial charge is 0.104 e. The van der Waals surface area contributed by atoms with Crippen LogP contribution in [-0.4, -0.2) is 21.3 Å². The molecule has 3 aromatic carbocycles. The molecule has 3 heteroatoms. The Bertz CT molecular complexity index is 805. The van der Waals surface area contributed by atoms with Crippen LogP contribution in [0.25, 0.3) is 0 Å². The van der Waals surface area contributed by atoms with E-state index < -0.39 is 21.3 Å². The fourth-order valence-corrected chi connectivity index (χ4v) is 77.3. The van der Waals surface area contributed by atoms with Crippen LogP contribution in [0.1, 0.15) is 0 Å². The first kappa shape index (κ1) is 15.8. The molecule has 4 rings (SSSR count). The lowest BCUT2D eigenvalue weighted by Gasteiger charge is -2.23. The minimum Gasteiger partial charge on any atom is -0.0726 e. The van der Waals surface area contributed by atoms with Gasteiger partial charge in [0.1, 0.15) is 7.11 Å². The van der Waals surface area contributed by atoms with Gasteiger partial charge in [0.15, 0.2) is 0 Å². The van der Waals surface area contributed by atoms with Gasteiger partial charge in [-0.3, -0.25) is 0 Å². The average Bonchev–Trinajstić information content (AvgIpc) is 3.06. The van der Waals surface area contributed by atoms with Gasteiger partial charge in [-0.15, -0.1) is 0 Å². The molecule has 1 atom stereocenters. The summed E-state index contributed by atoms with van der Waals surface area (Å²) in [5, 5.41) is 5.03. The van der Waals surface area contributed by atoms with E-state index in [1.54, 1.807) is 15.6 Å². The van der Waals surface area contributed by atoms with Crippen molar-refractivity contribution in [2.75, 3.05) is 0 Å². The molecule has 0 saturated carbocycles. The van der Waals surface area contributed by atoms with Crippen molar-refractivity contribution in [1.29, 1.82) is 0 Å². The summed E-state index contributed by atoms with van der Waals surface area (Å²) in [6, 6.07) is 34.5. The first-order valence-corrected chi connectivity index (χ1v) is 19.2. The third kappa shape index (κ3) is 1.78. The van der Waals surface area contributed by atoms with Gasteiger partial charge in [0, 0.05) is 7.11 Å². The molecular weight excluding hydrogens is 336 g/mol. The minimum atomic E-state index is -1.65. The molecule has 1 saturated heterocycles. The lowest BCUT2D eigenvalue weighted by atomic mass is 10.4. The number of benzene rings is 3. The Balaban J connectivity index is 2.03. The molecule has 0 aliphatic carbocycles. The average molecular weight is 361 g/mol. The Morgan fingerprint density at radius 3 is 1.17 bits per heavy atom. The van der Waals surface area contributed by atoms with Gasteiger partial charge in [0.2, 0.25) is 0 Å². The molecule has 3 aromatic rings. The Kier molecular flexibility index (Phi) is 3.57. The second-order valence-corrected chi connectivity index (χ2v) is 38.8. The number of hydrogen-bond donors (Lipinski definition) is 0. The van der Waals surface area contributed by atoms with Crippen molar-refractivity contribution < 1.29 is 0 Å². The van der Waals surface area contributed by atoms with Crippen molar-refractivity contribution in [3.63, 3.8) is 0 Å². The zero-order valence-electron chi connectivity index (χ0n) is 14.7. The fourth-order valence-electron chi connectivity index (χ4n) is 5.28. The molecule has 1 aliphatic rings. The zero-order valence-corrected chi connectivity index (χ0v) is 17.7. The van der Waals surface area contributed by atoms with Gasteiger partial charge in [0.25, 0.3) is 0 Å². The summed E-state index contributed by atoms with van der Waals surface area (Å²) in [6.07, 6.45) is 0. The summed E-state index contributed by atoms with van der Waals surface area (Å²) in [6.45, 7) is 8.05. The van der Waals surface area contributed by atoms with Crippen LogP contribution in [0.15, 0.2) is 91.0 Å². The number of hydrogen-bond acceptors (Lipinski definition) is 0. The van der Waals surface area contributed by atoms with Crippen molar-refractivity contribution >= 4 is 36.9 Å². The Morgan fingerprint density at radius 2 is 0.792 bits per heavy atom. The highest BCUT2D eigenvalue weighted by Crippen LogP contribution is 2.49. The normalized spacial score (nSPS) is 23.6. The molecule has 0 aromatic heterocycles. The van der Waals surface area contributed by atoms with Crippen LogP contribution < -0.4 is 15.6 Å². The molecule has 0 amide bonds. The third-order valence-corrected chi connectivity index (χ3v) is 61.2. The highest BCUT2D eigenvalue weighted by Gasteiger charge is 2.85. The maximum atomic E-state index is 2.70. The first-order valence-electron chi connectivity index (χ1n) is 8.73. The van der Waals surface area contributed by atoms with Crippen LogP contribution in [0.5, 0.6) is 0 Å². The maximum Gasteiger partial charge on any atom is 0.104 e. The van der Waals surface area contributed by atoms with E-state index in [0.29, 0.717) is 0 Å². The van der Waals surface area contributed by atoms with Crippen LogP contribution in [0, 0.1) is 0 Å². The molecule has 0 nitrogen and oxygen atoms in total. The lowest BCUT2D eigenvalue weighted by molar-refractivity contribution is 1.73. The quantitative estimate of drug-likeness (QED) is 0.629. The van der Waals surface area contributed by atoms with Crippen molar-refractivity contribution in [3.8, 4) is 0 Å². The molecule has 1 heterocycles. The zero-order chi connectivity index (χ0) is 16.8. The molecule has 1 fully saturated rings. The van der Waals surface area contributed by atoms with Crippen LogP contribution >= 0.6 is 0 Å². The minimum absolute atomic E-state index is 1.34. The summed E-state index contributed by atoms with van der Waals surface area (Å²) in [4.78, 5) is 0. The van der Waals surface area contributed by atoms with E-state index >= 15 is 0 Å². The molecule has 24 heavy (non-hydrogen) atoms. The summed E-state index contributed by atoms with van der Waals surface area (Å²) < 4.78 is 0. The van der Waals surface area contributed by atoms with Gasteiger partial charge in [0.05, 0.1) is 7.11 Å². The topological polar surface area (TPSA) is 0 Å². The first-order chi connectivity index (χ1) is 11.6. The highest BCUT2D eigenvalue weighted by molar-refractivity contribution is 8.20. The Morgan fingerprint density at radius 1 is 0.458 bits per heavy atom. The predicted octanol–water partition coefficient (Wildman–Crippen LogP) is 3.19. The van der Waals surface area contributed by atoms with Gasteiger partial charge in [-0.2, -0.15) is 0 Å². The second kappa shape index (κ2) is 5.41. The third-order valence-electron chi connectivity index (χ3n) is 6.64. The van der Waals surface area contributed by atoms with E-state index in [2.05, 4.69) is 111 Å². The van der Waals surface area contributed by atoms with Crippen molar-refractivity contribution in [1.82, 2.24) is 0 Å². The molecule has 0 spiro atoms. The summed E-state index contributed by atoms with van der Waals surface area (Å²) >= 11 is 0. The fraction of sp³-hybridized carbons (Fsp3) is 0.143. The summed E-state index contributed by atoms with van der Waals surface area (Å²) in [5.74, 6) is 0. The highest BCUT2D eigenvalue weighted by atomic mass is 30.2. The van der Waals surface area contributed by atoms with E-state index in [4.69, 9.17) is 0 Å². The molecule has 0 bridgehead atoms. The van der Waals surface area contributed by atoms with Crippen molar-refractivity contribution in [2.24, 2.45) is 0 Å². The molecule has 1 aliphatic heterocycles. The standard InChI is InChI=1S/C21H24Si3/c1-22(2)23(3,19-13-7-4-8-14-19)24(22,20-15-9-5-10-16-20)21-17-11-6-12-18-21/h4-18H,1-3H3. The molecular formula is C21H24Si3. The van der Waals surface area contributed by atoms with E-state index in [-0.39, 0.29) is 0 Å². The Hall–Kier alpha value is -1.69. The predicted molar refractivity (Wildman–Crippen MR) is 113 cm³/mol. The van der Waals surface area contributed by atoms with E-state index in [1.807, 2.05) is 0 Å². The van der Waals surface area contributed by atoms with Gasteiger partial charge >= 0.3 is 0 Å². The van der Waals surface area contributed by atoms with Gasteiger partial charge in [-0.25, -0.2) is 0 Å². The van der Waals surface area contributed by atoms with Crippen LogP contribution in [0.3, 0.4) is 0 Å². The molecule has 120 valence electrons. The lowest BCUT2D eigenvalue weighted by Crippen LogP contribution is -2.59. The van der Waals surface area contributed by atoms with Crippen LogP contribution in [-0.2, 0) is 0 Å². The molecule has 1 unspecified atom stereocenters. The van der Waals surface area contributed by atoms with Gasteiger partial charge < -0.3 is 0 Å². The SMILES string of the molecule is C[Si]1(C)[Si](C)(c2ccccc2)[Si]1(c1ccccc1)c1ccccc1. The van der Waals surface area contributed by atoms with Crippen LogP contribution in [0.4, 0.5) is 0 Å². The number of rotatable bonds is 3. The smallest absolute Gasteiger partial charge is 0.0726 e. The maximum absolute atomic E-state index is 2.70. The molecule has 0 radical (unpaired) electrons. The van der Waals surface area contributed by atoms with E-state index in [0.717, 1.165) is 0 Å². The summed E-state index contributed by atoms with van der Waals surface area (Å²) in [5.41, 5.74) is 0. The monoisotopic (exact) mass is 360 g/mol. The molecule has 0 N–H and O–H groups in total. The van der Waals surface area contributed by atoms with E-state index in [1.165, 1.54) is 0 Å². The second-order valence-electron chi connectivity index (χ2n) is 7.60. The Labute approximate surface area is 147 Å². The van der Waals surface area contributed by atoms with Gasteiger partial charge in [-0.1, -0.05) is 126 Å². The van der Waals surface area contributed by atoms with Crippen molar-refractivity contribution in [2.45, 2.75) is 19.6 Å².